The molecule has 1 aromatic carbocycles. The number of hydrogen-bond donors (Lipinski definition) is 0. The molecule has 0 aromatic heterocycles. The van der Waals surface area contributed by atoms with Gasteiger partial charge in [-0.1, -0.05) is 31.0 Å². The highest BCUT2D eigenvalue weighted by molar-refractivity contribution is 5.94. The van der Waals surface area contributed by atoms with Gasteiger partial charge in [-0.15, -0.1) is 0 Å². The second kappa shape index (κ2) is 5.13. The zero-order valence-electron chi connectivity index (χ0n) is 10.8. The van der Waals surface area contributed by atoms with Crippen LogP contribution in [0.3, 0.4) is 0 Å². The van der Waals surface area contributed by atoms with Crippen molar-refractivity contribution in [2.24, 2.45) is 5.92 Å². The molecule has 2 atom stereocenters. The third kappa shape index (κ3) is 2.16. The molecule has 0 radical (unpaired) electrons. The van der Waals surface area contributed by atoms with E-state index in [1.807, 2.05) is 30.3 Å². The normalized spacial score (nSPS) is 27.7. The molecule has 1 aliphatic carbocycles. The van der Waals surface area contributed by atoms with E-state index in [1.165, 1.54) is 38.5 Å². The topological polar surface area (TPSA) is 20.3 Å². The van der Waals surface area contributed by atoms with E-state index < -0.39 is 0 Å². The number of carbonyl (C=O) groups is 1. The van der Waals surface area contributed by atoms with Crippen LogP contribution in [0.15, 0.2) is 30.3 Å². The van der Waals surface area contributed by atoms with Crippen molar-refractivity contribution in [3.8, 4) is 0 Å². The van der Waals surface area contributed by atoms with Crippen molar-refractivity contribution in [3.05, 3.63) is 35.9 Å². The lowest BCUT2D eigenvalue weighted by molar-refractivity contribution is 0.0390. The summed E-state index contributed by atoms with van der Waals surface area (Å²) < 4.78 is 0. The Kier molecular flexibility index (Phi) is 3.35. The lowest BCUT2D eigenvalue weighted by atomic mass is 9.78. The number of piperidine rings is 1. The second-order valence-corrected chi connectivity index (χ2v) is 5.62. The molecule has 2 fully saturated rings. The molecule has 1 saturated carbocycles. The Hall–Kier alpha value is -1.31. The van der Waals surface area contributed by atoms with Gasteiger partial charge in [0.05, 0.1) is 0 Å². The Morgan fingerprint density at radius 1 is 1.00 bits per heavy atom. The van der Waals surface area contributed by atoms with Gasteiger partial charge in [0.2, 0.25) is 0 Å². The molecule has 0 bridgehead atoms. The summed E-state index contributed by atoms with van der Waals surface area (Å²) in [6.45, 7) is 0.953. The summed E-state index contributed by atoms with van der Waals surface area (Å²) in [7, 11) is 0. The summed E-state index contributed by atoms with van der Waals surface area (Å²) in [4.78, 5) is 14.7. The molecule has 0 N–H and O–H groups in total. The zero-order valence-corrected chi connectivity index (χ0v) is 10.8. The number of carbonyl (C=O) groups excluding carboxylic acids is 1. The molecule has 3 rings (SSSR count). The van der Waals surface area contributed by atoms with Gasteiger partial charge >= 0.3 is 0 Å². The van der Waals surface area contributed by atoms with E-state index in [9.17, 15) is 4.79 Å². The number of amides is 1. The van der Waals surface area contributed by atoms with Gasteiger partial charge in [-0.2, -0.15) is 0 Å². The fourth-order valence-electron chi connectivity index (χ4n) is 3.62. The molecule has 1 amide bonds. The molecule has 96 valence electrons. The van der Waals surface area contributed by atoms with Crippen molar-refractivity contribution in [2.75, 3.05) is 6.54 Å². The molecular weight excluding hydrogens is 222 g/mol. The number of likely N-dealkylation sites (tertiary alicyclic amines) is 1. The quantitative estimate of drug-likeness (QED) is 0.739. The molecular formula is C16H21NO. The van der Waals surface area contributed by atoms with Crippen LogP contribution in [-0.4, -0.2) is 23.4 Å². The Bertz CT molecular complexity index is 412. The van der Waals surface area contributed by atoms with E-state index in [-0.39, 0.29) is 5.91 Å². The van der Waals surface area contributed by atoms with Crippen LogP contribution in [0.2, 0.25) is 0 Å². The monoisotopic (exact) mass is 243 g/mol. The number of rotatable bonds is 1. The second-order valence-electron chi connectivity index (χ2n) is 5.62. The first-order valence-corrected chi connectivity index (χ1v) is 7.22. The molecule has 2 aliphatic rings. The number of hydrogen-bond acceptors (Lipinski definition) is 1. The fourth-order valence-corrected chi connectivity index (χ4v) is 3.62. The summed E-state index contributed by atoms with van der Waals surface area (Å²) in [6, 6.07) is 10.3. The molecule has 2 nitrogen and oxygen atoms in total. The van der Waals surface area contributed by atoms with Crippen molar-refractivity contribution >= 4 is 5.91 Å². The van der Waals surface area contributed by atoms with Crippen LogP contribution in [0, 0.1) is 5.92 Å². The van der Waals surface area contributed by atoms with Gasteiger partial charge in [0.15, 0.2) is 0 Å². The standard InChI is InChI=1S/C16H21NO/c18-16(14-8-2-1-3-9-14)17-12-6-10-13-7-4-5-11-15(13)17/h1-3,8-9,13,15H,4-7,10-12H2/t13-,15-/m0/s1. The summed E-state index contributed by atoms with van der Waals surface area (Å²) in [5.41, 5.74) is 0.851. The molecule has 2 heteroatoms. The molecule has 1 aliphatic heterocycles. The van der Waals surface area contributed by atoms with Crippen LogP contribution in [-0.2, 0) is 0 Å². The van der Waals surface area contributed by atoms with E-state index in [4.69, 9.17) is 0 Å². The number of fused-ring (bicyclic) bond motifs is 1. The zero-order chi connectivity index (χ0) is 12.4. The minimum atomic E-state index is 0.243. The molecule has 1 aromatic rings. The SMILES string of the molecule is O=C(c1ccccc1)N1CCC[C@@H]2CCCC[C@@H]21. The molecule has 1 heterocycles. The maximum Gasteiger partial charge on any atom is 0.254 e. The maximum absolute atomic E-state index is 12.6. The van der Waals surface area contributed by atoms with Gasteiger partial charge in [-0.25, -0.2) is 0 Å². The van der Waals surface area contributed by atoms with Crippen LogP contribution in [0.5, 0.6) is 0 Å². The molecule has 18 heavy (non-hydrogen) atoms. The minimum Gasteiger partial charge on any atom is -0.335 e. The summed E-state index contributed by atoms with van der Waals surface area (Å²) in [6.07, 6.45) is 7.68. The third-order valence-corrected chi connectivity index (χ3v) is 4.52. The first kappa shape index (κ1) is 11.8. The van der Waals surface area contributed by atoms with Crippen LogP contribution < -0.4 is 0 Å². The van der Waals surface area contributed by atoms with Crippen LogP contribution in [0.25, 0.3) is 0 Å². The number of benzene rings is 1. The van der Waals surface area contributed by atoms with E-state index in [0.717, 1.165) is 18.0 Å². The van der Waals surface area contributed by atoms with E-state index >= 15 is 0 Å². The Balaban J connectivity index is 1.80. The first-order chi connectivity index (χ1) is 8.86. The van der Waals surface area contributed by atoms with E-state index in [2.05, 4.69) is 4.90 Å². The Labute approximate surface area is 109 Å². The predicted molar refractivity (Wildman–Crippen MR) is 72.5 cm³/mol. The van der Waals surface area contributed by atoms with Crippen LogP contribution in [0.1, 0.15) is 48.9 Å². The van der Waals surface area contributed by atoms with Crippen molar-refractivity contribution in [2.45, 2.75) is 44.6 Å². The Morgan fingerprint density at radius 2 is 1.72 bits per heavy atom. The van der Waals surface area contributed by atoms with E-state index in [1.54, 1.807) is 0 Å². The van der Waals surface area contributed by atoms with Gasteiger partial charge in [-0.05, 0) is 43.7 Å². The van der Waals surface area contributed by atoms with Crippen molar-refractivity contribution < 1.29 is 4.79 Å². The highest BCUT2D eigenvalue weighted by atomic mass is 16.2. The Morgan fingerprint density at radius 3 is 2.56 bits per heavy atom. The van der Waals surface area contributed by atoms with Crippen LogP contribution in [0.4, 0.5) is 0 Å². The third-order valence-electron chi connectivity index (χ3n) is 4.52. The van der Waals surface area contributed by atoms with Gasteiger partial charge in [-0.3, -0.25) is 4.79 Å². The van der Waals surface area contributed by atoms with Crippen LogP contribution >= 0.6 is 0 Å². The van der Waals surface area contributed by atoms with Crippen molar-refractivity contribution in [1.29, 1.82) is 0 Å². The largest absolute Gasteiger partial charge is 0.335 e. The lowest BCUT2D eigenvalue weighted by Gasteiger charge is -2.44. The smallest absolute Gasteiger partial charge is 0.254 e. The average molecular weight is 243 g/mol. The fraction of sp³-hybridized carbons (Fsp3) is 0.562. The van der Waals surface area contributed by atoms with Gasteiger partial charge in [0.1, 0.15) is 0 Å². The van der Waals surface area contributed by atoms with Gasteiger partial charge in [0, 0.05) is 18.2 Å². The van der Waals surface area contributed by atoms with Gasteiger partial charge < -0.3 is 4.90 Å². The molecule has 0 spiro atoms. The molecule has 1 saturated heterocycles. The predicted octanol–water partition coefficient (Wildman–Crippen LogP) is 3.48. The number of nitrogens with zero attached hydrogens (tertiary/aromatic N) is 1. The maximum atomic E-state index is 12.6. The van der Waals surface area contributed by atoms with E-state index in [0.29, 0.717) is 6.04 Å². The highest BCUT2D eigenvalue weighted by Gasteiger charge is 2.35. The minimum absolute atomic E-state index is 0.243. The van der Waals surface area contributed by atoms with Crippen molar-refractivity contribution in [3.63, 3.8) is 0 Å². The highest BCUT2D eigenvalue weighted by Crippen LogP contribution is 2.35. The average Bonchev–Trinajstić information content (AvgIpc) is 2.47. The van der Waals surface area contributed by atoms with Crippen molar-refractivity contribution in [1.82, 2.24) is 4.90 Å². The lowest BCUT2D eigenvalue weighted by Crippen LogP contribution is -2.49. The summed E-state index contributed by atoms with van der Waals surface area (Å²) in [5.74, 6) is 1.01. The first-order valence-electron chi connectivity index (χ1n) is 7.22. The van der Waals surface area contributed by atoms with Gasteiger partial charge in [0.25, 0.3) is 5.91 Å². The summed E-state index contributed by atoms with van der Waals surface area (Å²) >= 11 is 0. The summed E-state index contributed by atoms with van der Waals surface area (Å²) in [5, 5.41) is 0. The molecule has 0 unspecified atom stereocenters.